The average Bonchev–Trinajstić information content (AvgIpc) is 2.48. The van der Waals surface area contributed by atoms with Crippen LogP contribution in [0.1, 0.15) is 5.56 Å². The molecule has 0 aliphatic carbocycles. The van der Waals surface area contributed by atoms with E-state index in [0.29, 0.717) is 34.0 Å². The molecule has 0 amide bonds. The number of benzene rings is 1. The highest BCUT2D eigenvalue weighted by atomic mass is 35.5. The summed E-state index contributed by atoms with van der Waals surface area (Å²) in [6.07, 6.45) is 1.62. The minimum absolute atomic E-state index is 0.302. The molecule has 0 aliphatic rings. The Balaban J connectivity index is 2.29. The van der Waals surface area contributed by atoms with E-state index in [1.165, 1.54) is 0 Å². The van der Waals surface area contributed by atoms with Crippen molar-refractivity contribution < 1.29 is 14.2 Å². The van der Waals surface area contributed by atoms with Gasteiger partial charge in [0.2, 0.25) is 5.88 Å². The maximum atomic E-state index is 6.10. The van der Waals surface area contributed by atoms with Gasteiger partial charge >= 0.3 is 0 Å². The highest BCUT2D eigenvalue weighted by molar-refractivity contribution is 6.32. The maximum Gasteiger partial charge on any atom is 0.238 e. The molecule has 0 atom stereocenters. The maximum absolute atomic E-state index is 6.10. The van der Waals surface area contributed by atoms with Crippen LogP contribution in [-0.4, -0.2) is 19.2 Å². The summed E-state index contributed by atoms with van der Waals surface area (Å²) < 4.78 is 16.0. The summed E-state index contributed by atoms with van der Waals surface area (Å²) in [6.45, 7) is 0. The summed E-state index contributed by atoms with van der Waals surface area (Å²) in [5.41, 5.74) is 0.826. The second-order valence-corrected chi connectivity index (χ2v) is 4.59. The van der Waals surface area contributed by atoms with E-state index in [1.807, 2.05) is 0 Å². The number of halogens is 2. The van der Waals surface area contributed by atoms with E-state index in [0.717, 1.165) is 5.56 Å². The van der Waals surface area contributed by atoms with Crippen molar-refractivity contribution in [2.75, 3.05) is 14.2 Å². The molecule has 0 fully saturated rings. The highest BCUT2D eigenvalue weighted by Crippen LogP contribution is 2.33. The first-order valence-electron chi connectivity index (χ1n) is 5.77. The van der Waals surface area contributed by atoms with Gasteiger partial charge in [0.1, 0.15) is 22.3 Å². The number of ether oxygens (including phenoxy) is 3. The molecule has 0 saturated heterocycles. The number of aromatic nitrogens is 1. The summed E-state index contributed by atoms with van der Waals surface area (Å²) in [7, 11) is 3.14. The lowest BCUT2D eigenvalue weighted by Gasteiger charge is -2.10. The Labute approximate surface area is 127 Å². The molecule has 1 aromatic carbocycles. The van der Waals surface area contributed by atoms with E-state index in [-0.39, 0.29) is 0 Å². The molecule has 2 aromatic rings. The van der Waals surface area contributed by atoms with E-state index >= 15 is 0 Å². The van der Waals surface area contributed by atoms with Crippen molar-refractivity contribution in [3.63, 3.8) is 0 Å². The second-order valence-electron chi connectivity index (χ2n) is 3.91. The third kappa shape index (κ3) is 3.46. The molecule has 0 saturated carbocycles. The first-order chi connectivity index (χ1) is 9.66. The Morgan fingerprint density at radius 2 is 1.60 bits per heavy atom. The lowest BCUT2D eigenvalue weighted by atomic mass is 10.3. The summed E-state index contributed by atoms with van der Waals surface area (Å²) in [5, 5.41) is 0.393. The van der Waals surface area contributed by atoms with Crippen LogP contribution in [0, 0.1) is 0 Å². The van der Waals surface area contributed by atoms with Crippen molar-refractivity contribution in [3.05, 3.63) is 41.0 Å². The van der Waals surface area contributed by atoms with Crippen LogP contribution in [-0.2, 0) is 5.88 Å². The van der Waals surface area contributed by atoms with Crippen LogP contribution < -0.4 is 14.2 Å². The van der Waals surface area contributed by atoms with Crippen LogP contribution in [0.15, 0.2) is 30.5 Å². The van der Waals surface area contributed by atoms with Gasteiger partial charge in [-0.15, -0.1) is 11.6 Å². The number of methoxy groups -OCH3 is 2. The first kappa shape index (κ1) is 14.8. The number of pyridine rings is 1. The van der Waals surface area contributed by atoms with Gasteiger partial charge in [0.15, 0.2) is 0 Å². The van der Waals surface area contributed by atoms with Gasteiger partial charge in [-0.25, -0.2) is 4.98 Å². The Morgan fingerprint density at radius 3 is 2.10 bits per heavy atom. The van der Waals surface area contributed by atoms with E-state index in [2.05, 4.69) is 4.98 Å². The van der Waals surface area contributed by atoms with Gasteiger partial charge in [-0.2, -0.15) is 0 Å². The molecule has 0 spiro atoms. The zero-order chi connectivity index (χ0) is 14.5. The third-order valence-electron chi connectivity index (χ3n) is 2.56. The SMILES string of the molecule is COc1cc(OC)cc(Oc2ncc(CCl)cc2Cl)c1. The Bertz CT molecular complexity index is 583. The molecular formula is C14H13Cl2NO3. The standard InChI is InChI=1S/C14H13Cl2NO3/c1-18-10-4-11(19-2)6-12(5-10)20-14-13(16)3-9(7-15)8-17-14/h3-6,8H,7H2,1-2H3. The van der Waals surface area contributed by atoms with Crippen molar-refractivity contribution in [2.24, 2.45) is 0 Å². The summed E-state index contributed by atoms with van der Waals surface area (Å²) in [5.74, 6) is 2.41. The smallest absolute Gasteiger partial charge is 0.238 e. The van der Waals surface area contributed by atoms with Crippen LogP contribution in [0.3, 0.4) is 0 Å². The van der Waals surface area contributed by atoms with Crippen molar-refractivity contribution >= 4 is 23.2 Å². The van der Waals surface area contributed by atoms with Gasteiger partial charge in [0.25, 0.3) is 0 Å². The van der Waals surface area contributed by atoms with Gasteiger partial charge < -0.3 is 14.2 Å². The van der Waals surface area contributed by atoms with Crippen molar-refractivity contribution in [1.82, 2.24) is 4.98 Å². The predicted molar refractivity (Wildman–Crippen MR) is 78.4 cm³/mol. The quantitative estimate of drug-likeness (QED) is 0.772. The lowest BCUT2D eigenvalue weighted by molar-refractivity contribution is 0.385. The fourth-order valence-electron chi connectivity index (χ4n) is 1.57. The number of hydrogen-bond acceptors (Lipinski definition) is 4. The molecule has 0 aliphatic heterocycles. The molecule has 1 aromatic heterocycles. The monoisotopic (exact) mass is 313 g/mol. The van der Waals surface area contributed by atoms with Crippen LogP contribution in [0.5, 0.6) is 23.1 Å². The van der Waals surface area contributed by atoms with Crippen LogP contribution in [0.25, 0.3) is 0 Å². The van der Waals surface area contributed by atoms with E-state index in [9.17, 15) is 0 Å². The Kier molecular flexibility index (Phi) is 4.93. The zero-order valence-electron chi connectivity index (χ0n) is 11.0. The molecule has 1 heterocycles. The first-order valence-corrected chi connectivity index (χ1v) is 6.69. The topological polar surface area (TPSA) is 40.6 Å². The lowest BCUT2D eigenvalue weighted by Crippen LogP contribution is -1.93. The number of nitrogens with zero attached hydrogens (tertiary/aromatic N) is 1. The van der Waals surface area contributed by atoms with Crippen LogP contribution >= 0.6 is 23.2 Å². The molecular weight excluding hydrogens is 301 g/mol. The number of hydrogen-bond donors (Lipinski definition) is 0. The largest absolute Gasteiger partial charge is 0.496 e. The van der Waals surface area contributed by atoms with E-state index in [1.54, 1.807) is 44.7 Å². The van der Waals surface area contributed by atoms with E-state index < -0.39 is 0 Å². The summed E-state index contributed by atoms with van der Waals surface area (Å²) in [6, 6.07) is 6.90. The molecule has 0 unspecified atom stereocenters. The summed E-state index contributed by atoms with van der Waals surface area (Å²) in [4.78, 5) is 4.14. The predicted octanol–water partition coefficient (Wildman–Crippen LogP) is 4.28. The average molecular weight is 314 g/mol. The fraction of sp³-hybridized carbons (Fsp3) is 0.214. The van der Waals surface area contributed by atoms with Gasteiger partial charge in [0.05, 0.1) is 14.2 Å². The van der Waals surface area contributed by atoms with Gasteiger partial charge in [-0.1, -0.05) is 11.6 Å². The second kappa shape index (κ2) is 6.68. The normalized spacial score (nSPS) is 10.2. The number of rotatable bonds is 5. The van der Waals surface area contributed by atoms with Gasteiger partial charge in [0, 0.05) is 30.3 Å². The molecule has 106 valence electrons. The highest BCUT2D eigenvalue weighted by Gasteiger charge is 2.09. The molecule has 0 N–H and O–H groups in total. The third-order valence-corrected chi connectivity index (χ3v) is 3.14. The van der Waals surface area contributed by atoms with Crippen LogP contribution in [0.4, 0.5) is 0 Å². The van der Waals surface area contributed by atoms with Crippen molar-refractivity contribution in [1.29, 1.82) is 0 Å². The van der Waals surface area contributed by atoms with Crippen molar-refractivity contribution in [2.45, 2.75) is 5.88 Å². The Hall–Kier alpha value is -1.65. The van der Waals surface area contributed by atoms with E-state index in [4.69, 9.17) is 37.4 Å². The molecule has 0 radical (unpaired) electrons. The fourth-order valence-corrected chi connectivity index (χ4v) is 1.94. The van der Waals surface area contributed by atoms with Crippen LogP contribution in [0.2, 0.25) is 5.02 Å². The number of alkyl halides is 1. The molecule has 6 heteroatoms. The zero-order valence-corrected chi connectivity index (χ0v) is 12.5. The van der Waals surface area contributed by atoms with Gasteiger partial charge in [-0.3, -0.25) is 0 Å². The minimum Gasteiger partial charge on any atom is -0.496 e. The minimum atomic E-state index is 0.302. The Morgan fingerprint density at radius 1 is 1.00 bits per heavy atom. The molecule has 4 nitrogen and oxygen atoms in total. The molecule has 20 heavy (non-hydrogen) atoms. The van der Waals surface area contributed by atoms with Gasteiger partial charge in [-0.05, 0) is 11.6 Å². The summed E-state index contributed by atoms with van der Waals surface area (Å²) >= 11 is 11.8. The molecule has 2 rings (SSSR count). The molecule has 0 bridgehead atoms. The van der Waals surface area contributed by atoms with Crippen molar-refractivity contribution in [3.8, 4) is 23.1 Å².